The van der Waals surface area contributed by atoms with Gasteiger partial charge >= 0.3 is 0 Å². The third kappa shape index (κ3) is 5.26. The first-order valence-electron chi connectivity index (χ1n) is 7.83. The van der Waals surface area contributed by atoms with Crippen molar-refractivity contribution in [3.05, 3.63) is 29.8 Å². The Kier molecular flexibility index (Phi) is 5.88. The number of hydrogen-bond donors (Lipinski definition) is 2. The molecule has 1 aliphatic rings. The van der Waals surface area contributed by atoms with Crippen LogP contribution in [0, 0.1) is 5.92 Å². The molecule has 0 spiro atoms. The molecular formula is C17H24N4O2S. The predicted octanol–water partition coefficient (Wildman–Crippen LogP) is 2.16. The van der Waals surface area contributed by atoms with E-state index in [1.807, 2.05) is 13.8 Å². The van der Waals surface area contributed by atoms with Gasteiger partial charge in [-0.05, 0) is 62.6 Å². The Labute approximate surface area is 146 Å². The van der Waals surface area contributed by atoms with Crippen LogP contribution in [0.2, 0.25) is 0 Å². The maximum absolute atomic E-state index is 12.3. The molecule has 1 aliphatic carbocycles. The van der Waals surface area contributed by atoms with Crippen LogP contribution >= 0.6 is 11.8 Å². The van der Waals surface area contributed by atoms with Gasteiger partial charge in [-0.25, -0.2) is 0 Å². The topological polar surface area (TPSA) is 103 Å². The molecule has 1 amide bonds. The van der Waals surface area contributed by atoms with Crippen molar-refractivity contribution in [2.75, 3.05) is 12.9 Å². The summed E-state index contributed by atoms with van der Waals surface area (Å²) in [5.74, 6) is 2.22. The van der Waals surface area contributed by atoms with Crippen molar-refractivity contribution in [1.29, 1.82) is 0 Å². The fraction of sp³-hybridized carbons (Fsp3) is 0.471. The quantitative estimate of drug-likeness (QED) is 0.606. The second-order valence-electron chi connectivity index (χ2n) is 6.27. The van der Waals surface area contributed by atoms with E-state index in [0.717, 1.165) is 17.4 Å². The summed E-state index contributed by atoms with van der Waals surface area (Å²) >= 11 is 1.61. The molecule has 1 fully saturated rings. The van der Waals surface area contributed by atoms with Gasteiger partial charge in [0.25, 0.3) is 5.91 Å². The van der Waals surface area contributed by atoms with Gasteiger partial charge < -0.3 is 16.2 Å². The number of nitrogens with two attached hydrogens (primary N) is 2. The Bertz CT molecular complexity index is 649. The number of thioether (sulfide) groups is 1. The van der Waals surface area contributed by atoms with Crippen LogP contribution in [0.25, 0.3) is 0 Å². The monoisotopic (exact) mass is 348 g/mol. The van der Waals surface area contributed by atoms with E-state index in [-0.39, 0.29) is 17.7 Å². The van der Waals surface area contributed by atoms with Crippen molar-refractivity contribution in [1.82, 2.24) is 0 Å². The fourth-order valence-electron chi connectivity index (χ4n) is 1.89. The predicted molar refractivity (Wildman–Crippen MR) is 99.6 cm³/mol. The van der Waals surface area contributed by atoms with Crippen LogP contribution in [0.1, 0.15) is 32.3 Å². The average Bonchev–Trinajstić information content (AvgIpc) is 3.37. The van der Waals surface area contributed by atoms with E-state index in [2.05, 4.69) is 9.98 Å². The summed E-state index contributed by atoms with van der Waals surface area (Å²) in [6, 6.07) is 7.08. The molecule has 4 N–H and O–H groups in total. The molecule has 0 saturated heterocycles. The number of carbonyl (C=O) groups excluding carboxylic acids is 1. The lowest BCUT2D eigenvalue weighted by atomic mass is 10.2. The maximum Gasteiger partial charge on any atom is 0.264 e. The van der Waals surface area contributed by atoms with Gasteiger partial charge in [-0.15, -0.1) is 11.8 Å². The van der Waals surface area contributed by atoms with E-state index >= 15 is 0 Å². The molecule has 0 bridgehead atoms. The first-order valence-corrected chi connectivity index (χ1v) is 8.81. The summed E-state index contributed by atoms with van der Waals surface area (Å²) in [5.41, 5.74) is 12.4. The van der Waals surface area contributed by atoms with E-state index in [1.54, 1.807) is 43.1 Å². The van der Waals surface area contributed by atoms with E-state index in [9.17, 15) is 4.79 Å². The highest BCUT2D eigenvalue weighted by atomic mass is 32.2. The van der Waals surface area contributed by atoms with Crippen LogP contribution in [0.4, 0.5) is 0 Å². The van der Waals surface area contributed by atoms with Gasteiger partial charge in [0.2, 0.25) is 5.96 Å². The number of methoxy groups -OCH3 is 1. The second-order valence-corrected chi connectivity index (χ2v) is 7.91. The summed E-state index contributed by atoms with van der Waals surface area (Å²) in [7, 11) is 1.59. The van der Waals surface area contributed by atoms with Crippen molar-refractivity contribution >= 4 is 29.5 Å². The zero-order chi connectivity index (χ0) is 17.7. The number of guanidine groups is 1. The van der Waals surface area contributed by atoms with Gasteiger partial charge in [0.15, 0.2) is 0 Å². The lowest BCUT2D eigenvalue weighted by Gasteiger charge is -2.19. The van der Waals surface area contributed by atoms with Crippen LogP contribution in [-0.2, 0) is 4.79 Å². The Morgan fingerprint density at radius 3 is 2.42 bits per heavy atom. The third-order valence-corrected chi connectivity index (χ3v) is 5.26. The number of amidine groups is 1. The summed E-state index contributed by atoms with van der Waals surface area (Å²) < 4.78 is 4.47. The highest BCUT2D eigenvalue weighted by Gasteiger charge is 2.31. The summed E-state index contributed by atoms with van der Waals surface area (Å²) in [6.07, 6.45) is 2.51. The van der Waals surface area contributed by atoms with Gasteiger partial charge in [-0.1, -0.05) is 0 Å². The van der Waals surface area contributed by atoms with Crippen molar-refractivity contribution in [2.24, 2.45) is 27.4 Å². The Hall–Kier alpha value is -2.02. The molecule has 1 saturated carbocycles. The van der Waals surface area contributed by atoms with Gasteiger partial charge in [-0.2, -0.15) is 9.98 Å². The number of benzene rings is 1. The van der Waals surface area contributed by atoms with Crippen LogP contribution in [0.15, 0.2) is 34.3 Å². The number of hydrogen-bond acceptors (Lipinski definition) is 3. The number of nitrogens with zero attached hydrogens (tertiary/aromatic N) is 2. The Morgan fingerprint density at radius 1 is 1.25 bits per heavy atom. The minimum Gasteiger partial charge on any atom is -0.497 e. The standard InChI is InChI=1S/C17H24N4O2S/c1-17(2,24-10-11-4-5-11)15(22)21-16(19)20-14(18)12-6-8-13(23-3)9-7-12/h6-9,11H,4-5,10H2,1-3H3,(H4,18,19,20,21,22). The van der Waals surface area contributed by atoms with Crippen molar-refractivity contribution in [3.63, 3.8) is 0 Å². The van der Waals surface area contributed by atoms with E-state index in [0.29, 0.717) is 5.56 Å². The molecule has 2 rings (SSSR count). The smallest absolute Gasteiger partial charge is 0.264 e. The zero-order valence-electron chi connectivity index (χ0n) is 14.3. The summed E-state index contributed by atoms with van der Waals surface area (Å²) in [5, 5.41) is 0. The normalized spacial score (nSPS) is 16.1. The number of aliphatic imine (C=N–C) groups is 2. The lowest BCUT2D eigenvalue weighted by Crippen LogP contribution is -2.29. The van der Waals surface area contributed by atoms with Gasteiger partial charge in [-0.3, -0.25) is 4.79 Å². The second kappa shape index (κ2) is 7.70. The third-order valence-electron chi connectivity index (χ3n) is 3.73. The molecule has 0 aromatic heterocycles. The SMILES string of the molecule is COc1ccc(C(N)=NC(N)=NC(=O)C(C)(C)SCC2CC2)cc1. The summed E-state index contributed by atoms with van der Waals surface area (Å²) in [6.45, 7) is 3.71. The first kappa shape index (κ1) is 18.3. The summed E-state index contributed by atoms with van der Waals surface area (Å²) in [4.78, 5) is 20.2. The molecular weight excluding hydrogens is 324 g/mol. The van der Waals surface area contributed by atoms with Crippen LogP contribution in [-0.4, -0.2) is 35.3 Å². The molecule has 130 valence electrons. The van der Waals surface area contributed by atoms with E-state index < -0.39 is 4.75 Å². The molecule has 0 atom stereocenters. The number of rotatable bonds is 6. The minimum atomic E-state index is -0.613. The van der Waals surface area contributed by atoms with E-state index in [1.165, 1.54) is 12.8 Å². The van der Waals surface area contributed by atoms with Gasteiger partial charge in [0.1, 0.15) is 11.6 Å². The van der Waals surface area contributed by atoms with Crippen LogP contribution in [0.3, 0.4) is 0 Å². The van der Waals surface area contributed by atoms with Gasteiger partial charge in [0, 0.05) is 5.56 Å². The van der Waals surface area contributed by atoms with Crippen LogP contribution in [0.5, 0.6) is 5.75 Å². The van der Waals surface area contributed by atoms with Crippen molar-refractivity contribution in [3.8, 4) is 5.75 Å². The Morgan fingerprint density at radius 2 is 1.88 bits per heavy atom. The molecule has 1 aromatic rings. The molecule has 0 radical (unpaired) electrons. The van der Waals surface area contributed by atoms with E-state index in [4.69, 9.17) is 16.2 Å². The molecule has 0 aliphatic heterocycles. The largest absolute Gasteiger partial charge is 0.497 e. The number of carbonyl (C=O) groups is 1. The Balaban J connectivity index is 2.03. The molecule has 0 heterocycles. The molecule has 24 heavy (non-hydrogen) atoms. The minimum absolute atomic E-state index is 0.131. The zero-order valence-corrected chi connectivity index (χ0v) is 15.1. The van der Waals surface area contributed by atoms with Crippen molar-refractivity contribution < 1.29 is 9.53 Å². The molecule has 1 aromatic carbocycles. The number of amides is 1. The first-order chi connectivity index (χ1) is 11.3. The molecule has 6 nitrogen and oxygen atoms in total. The molecule has 0 unspecified atom stereocenters. The average molecular weight is 348 g/mol. The highest BCUT2D eigenvalue weighted by molar-refractivity contribution is 8.01. The molecule has 7 heteroatoms. The lowest BCUT2D eigenvalue weighted by molar-refractivity contribution is -0.119. The number of ether oxygens (including phenoxy) is 1. The van der Waals surface area contributed by atoms with Crippen LogP contribution < -0.4 is 16.2 Å². The fourth-order valence-corrected chi connectivity index (χ4v) is 3.04. The van der Waals surface area contributed by atoms with Crippen molar-refractivity contribution in [2.45, 2.75) is 31.4 Å². The maximum atomic E-state index is 12.3. The van der Waals surface area contributed by atoms with Gasteiger partial charge in [0.05, 0.1) is 11.9 Å². The highest BCUT2D eigenvalue weighted by Crippen LogP contribution is 2.37.